The van der Waals surface area contributed by atoms with Crippen molar-refractivity contribution in [2.45, 2.75) is 5.92 Å². The van der Waals surface area contributed by atoms with E-state index >= 15 is 0 Å². The second kappa shape index (κ2) is 7.06. The predicted molar refractivity (Wildman–Crippen MR) is 93.4 cm³/mol. The highest BCUT2D eigenvalue weighted by Crippen LogP contribution is 2.29. The van der Waals surface area contributed by atoms with Crippen LogP contribution in [0.4, 0.5) is 0 Å². The van der Waals surface area contributed by atoms with Gasteiger partial charge in [0, 0.05) is 27.2 Å². The number of hydrogen-bond donors (Lipinski definition) is 2. The molecule has 0 aliphatic carbocycles. The summed E-state index contributed by atoms with van der Waals surface area (Å²) in [6, 6.07) is 11.5. The highest BCUT2D eigenvalue weighted by Gasteiger charge is 2.40. The molecule has 5 nitrogen and oxygen atoms in total. The molecule has 1 aliphatic heterocycles. The molecule has 1 fully saturated rings. The summed E-state index contributed by atoms with van der Waals surface area (Å²) in [5.41, 5.74) is 3.44. The predicted octanol–water partition coefficient (Wildman–Crippen LogP) is 2.49. The van der Waals surface area contributed by atoms with Crippen molar-refractivity contribution in [3.05, 3.63) is 56.7 Å². The summed E-state index contributed by atoms with van der Waals surface area (Å²) in [4.78, 5) is 25.3. The number of nitrogens with one attached hydrogen (secondary N) is 2. The van der Waals surface area contributed by atoms with Crippen LogP contribution in [0.2, 0.25) is 0 Å². The molecule has 0 spiro atoms. The van der Waals surface area contributed by atoms with Crippen LogP contribution in [0.5, 0.6) is 0 Å². The molecule has 0 saturated carbocycles. The summed E-state index contributed by atoms with van der Waals surface area (Å²) in [5.74, 6) is -1.58. The minimum atomic E-state index is -0.760. The third-order valence-electron chi connectivity index (χ3n) is 3.65. The fourth-order valence-corrected chi connectivity index (χ4v) is 3.86. The molecule has 0 bridgehead atoms. The number of thiophene rings is 1. The van der Waals surface area contributed by atoms with Crippen LogP contribution in [-0.2, 0) is 9.59 Å². The summed E-state index contributed by atoms with van der Waals surface area (Å²) < 4.78 is 0.967. The molecule has 2 heterocycles. The van der Waals surface area contributed by atoms with E-state index in [1.54, 1.807) is 6.21 Å². The van der Waals surface area contributed by atoms with E-state index in [2.05, 4.69) is 31.8 Å². The maximum Gasteiger partial charge on any atom is 0.253 e. The van der Waals surface area contributed by atoms with E-state index in [1.165, 1.54) is 11.3 Å². The van der Waals surface area contributed by atoms with Gasteiger partial charge in [0.2, 0.25) is 5.91 Å². The lowest BCUT2D eigenvalue weighted by atomic mass is 9.88. The van der Waals surface area contributed by atoms with Gasteiger partial charge < -0.3 is 5.32 Å². The summed E-state index contributed by atoms with van der Waals surface area (Å²) in [5, 5.41) is 8.63. The lowest BCUT2D eigenvalue weighted by Gasteiger charge is -2.15. The molecule has 1 aromatic carbocycles. The highest BCUT2D eigenvalue weighted by molar-refractivity contribution is 9.10. The highest BCUT2D eigenvalue weighted by atomic mass is 79.9. The van der Waals surface area contributed by atoms with Gasteiger partial charge in [-0.1, -0.05) is 30.3 Å². The largest absolute Gasteiger partial charge is 0.355 e. The quantitative estimate of drug-likeness (QED) is 0.477. The Bertz CT molecular complexity index is 745. The molecular formula is C16H14BrN3O2S. The molecule has 0 radical (unpaired) electrons. The summed E-state index contributed by atoms with van der Waals surface area (Å²) in [7, 11) is 0. The molecular weight excluding hydrogens is 378 g/mol. The second-order valence-electron chi connectivity index (χ2n) is 5.14. The van der Waals surface area contributed by atoms with Gasteiger partial charge in [-0.05, 0) is 27.6 Å². The first kappa shape index (κ1) is 15.9. The first-order valence-electron chi connectivity index (χ1n) is 7.05. The Kier molecular flexibility index (Phi) is 4.88. The van der Waals surface area contributed by atoms with Gasteiger partial charge >= 0.3 is 0 Å². The first-order valence-corrected chi connectivity index (χ1v) is 8.72. The molecule has 2 atom stereocenters. The number of rotatable bonds is 4. The number of hydrogen-bond acceptors (Lipinski definition) is 4. The topological polar surface area (TPSA) is 70.6 Å². The molecule has 1 aliphatic rings. The Morgan fingerprint density at radius 2 is 2.17 bits per heavy atom. The van der Waals surface area contributed by atoms with Crippen LogP contribution in [0, 0.1) is 5.92 Å². The van der Waals surface area contributed by atoms with Crippen molar-refractivity contribution >= 4 is 45.3 Å². The minimum absolute atomic E-state index is 0.171. The first-order chi connectivity index (χ1) is 11.1. The number of amides is 2. The van der Waals surface area contributed by atoms with Crippen LogP contribution in [-0.4, -0.2) is 24.6 Å². The smallest absolute Gasteiger partial charge is 0.253 e. The number of carbonyl (C=O) groups is 2. The van der Waals surface area contributed by atoms with E-state index in [9.17, 15) is 9.59 Å². The number of hydrazone groups is 1. The number of halogens is 1. The fourth-order valence-electron chi connectivity index (χ4n) is 2.56. The van der Waals surface area contributed by atoms with Crippen LogP contribution < -0.4 is 10.7 Å². The molecule has 7 heteroatoms. The Morgan fingerprint density at radius 3 is 2.87 bits per heavy atom. The van der Waals surface area contributed by atoms with E-state index in [0.717, 1.165) is 14.9 Å². The molecule has 2 aromatic rings. The maximum absolute atomic E-state index is 12.3. The zero-order valence-electron chi connectivity index (χ0n) is 12.0. The van der Waals surface area contributed by atoms with Crippen LogP contribution in [0.15, 0.2) is 51.4 Å². The van der Waals surface area contributed by atoms with Gasteiger partial charge in [-0.15, -0.1) is 11.3 Å². The van der Waals surface area contributed by atoms with E-state index < -0.39 is 5.92 Å². The van der Waals surface area contributed by atoms with Crippen LogP contribution in [0.1, 0.15) is 16.4 Å². The normalized spacial score (nSPS) is 20.7. The Morgan fingerprint density at radius 1 is 1.39 bits per heavy atom. The number of carbonyl (C=O) groups excluding carboxylic acids is 2. The van der Waals surface area contributed by atoms with Gasteiger partial charge in [-0.25, -0.2) is 5.43 Å². The lowest BCUT2D eigenvalue weighted by Crippen LogP contribution is -2.34. The van der Waals surface area contributed by atoms with Gasteiger partial charge in [-0.3, -0.25) is 9.59 Å². The van der Waals surface area contributed by atoms with Crippen molar-refractivity contribution in [1.29, 1.82) is 0 Å². The SMILES string of the molecule is O=C1NC[C@H](c2ccccc2)[C@@H]1C(=O)N/N=C\c1cc(Br)cs1. The van der Waals surface area contributed by atoms with Crippen molar-refractivity contribution < 1.29 is 9.59 Å². The minimum Gasteiger partial charge on any atom is -0.355 e. The van der Waals surface area contributed by atoms with Crippen LogP contribution >= 0.6 is 27.3 Å². The Balaban J connectivity index is 1.69. The van der Waals surface area contributed by atoms with Gasteiger partial charge in [0.1, 0.15) is 5.92 Å². The fraction of sp³-hybridized carbons (Fsp3) is 0.188. The maximum atomic E-state index is 12.3. The van der Waals surface area contributed by atoms with Crippen LogP contribution in [0.3, 0.4) is 0 Å². The number of benzene rings is 1. The van der Waals surface area contributed by atoms with Crippen molar-refractivity contribution in [3.63, 3.8) is 0 Å². The average Bonchev–Trinajstić information content (AvgIpc) is 3.14. The molecule has 2 amide bonds. The zero-order valence-corrected chi connectivity index (χ0v) is 14.4. The van der Waals surface area contributed by atoms with Crippen molar-refractivity contribution in [2.24, 2.45) is 11.0 Å². The Hall–Kier alpha value is -1.99. The number of nitrogens with zero attached hydrogens (tertiary/aromatic N) is 1. The van der Waals surface area contributed by atoms with Gasteiger partial charge in [0.15, 0.2) is 0 Å². The van der Waals surface area contributed by atoms with Crippen LogP contribution in [0.25, 0.3) is 0 Å². The summed E-state index contributed by atoms with van der Waals surface area (Å²) in [6.45, 7) is 0.461. The van der Waals surface area contributed by atoms with Crippen molar-refractivity contribution in [2.75, 3.05) is 6.54 Å². The lowest BCUT2D eigenvalue weighted by molar-refractivity contribution is -0.133. The van der Waals surface area contributed by atoms with E-state index in [-0.39, 0.29) is 17.7 Å². The molecule has 23 heavy (non-hydrogen) atoms. The molecule has 0 unspecified atom stereocenters. The van der Waals surface area contributed by atoms with E-state index in [0.29, 0.717) is 6.54 Å². The van der Waals surface area contributed by atoms with E-state index in [1.807, 2.05) is 41.8 Å². The van der Waals surface area contributed by atoms with Gasteiger partial charge in [0.05, 0.1) is 6.21 Å². The van der Waals surface area contributed by atoms with E-state index in [4.69, 9.17) is 0 Å². The molecule has 1 saturated heterocycles. The second-order valence-corrected chi connectivity index (χ2v) is 7.00. The third kappa shape index (κ3) is 3.68. The monoisotopic (exact) mass is 391 g/mol. The third-order valence-corrected chi connectivity index (χ3v) is 5.27. The molecule has 118 valence electrons. The molecule has 1 aromatic heterocycles. The van der Waals surface area contributed by atoms with Gasteiger partial charge in [0.25, 0.3) is 5.91 Å². The van der Waals surface area contributed by atoms with Crippen molar-refractivity contribution in [3.8, 4) is 0 Å². The van der Waals surface area contributed by atoms with Gasteiger partial charge in [-0.2, -0.15) is 5.10 Å². The van der Waals surface area contributed by atoms with Crippen molar-refractivity contribution in [1.82, 2.24) is 10.7 Å². The molecule has 3 rings (SSSR count). The molecule has 2 N–H and O–H groups in total. The average molecular weight is 392 g/mol. The summed E-state index contributed by atoms with van der Waals surface area (Å²) >= 11 is 4.86. The summed E-state index contributed by atoms with van der Waals surface area (Å²) in [6.07, 6.45) is 1.57. The zero-order chi connectivity index (χ0) is 16.2. The Labute approximate surface area is 145 Å². The standard InChI is InChI=1S/C16H14BrN3O2S/c17-11-6-12(23-9-11)7-19-20-16(22)14-13(8-18-15(14)21)10-4-2-1-3-5-10/h1-7,9,13-14H,8H2,(H,18,21)(H,20,22)/b19-7-/t13-,14+/m1/s1.